The Kier molecular flexibility index (Phi) is 3.82. The van der Waals surface area contributed by atoms with Crippen molar-refractivity contribution < 1.29 is 9.90 Å². The van der Waals surface area contributed by atoms with Crippen LogP contribution >= 0.6 is 0 Å². The number of nitrogens with zero attached hydrogens (tertiary/aromatic N) is 7. The lowest BCUT2D eigenvalue weighted by molar-refractivity contribution is -0.139. The average Bonchev–Trinajstić information content (AvgIpc) is 3.20. The molecule has 0 aliphatic carbocycles. The Bertz CT molecular complexity index is 963. The Morgan fingerprint density at radius 1 is 0.880 bits per heavy atom. The van der Waals surface area contributed by atoms with E-state index < -0.39 is 5.97 Å². The van der Waals surface area contributed by atoms with Crippen molar-refractivity contribution in [1.29, 1.82) is 0 Å². The molecule has 0 aliphatic rings. The molecular weight excluding hydrogens is 322 g/mol. The maximum absolute atomic E-state index is 11.3. The van der Waals surface area contributed by atoms with E-state index in [2.05, 4.69) is 20.6 Å². The monoisotopic (exact) mass is 337 g/mol. The third-order valence-electron chi connectivity index (χ3n) is 3.87. The van der Waals surface area contributed by atoms with Crippen LogP contribution in [0.25, 0.3) is 22.1 Å². The summed E-state index contributed by atoms with van der Waals surface area (Å²) in [5, 5.41) is 25.7. The maximum Gasteiger partial charge on any atom is 0.317 e. The van der Waals surface area contributed by atoms with Crippen LogP contribution in [0.4, 0.5) is 0 Å². The molecule has 0 saturated carbocycles. The standard InChI is InChI=1S/C16H15N7O2/c24-16(25)9-21(10-22-14-7-3-1-5-12(14)17-19-22)11-23-15-8-4-2-6-13(15)18-20-23/h1-8H,9-11H2,(H,24,25). The molecule has 2 heterocycles. The van der Waals surface area contributed by atoms with Crippen LogP contribution in [0.1, 0.15) is 0 Å². The maximum atomic E-state index is 11.3. The number of rotatable bonds is 6. The Labute approximate surface area is 142 Å². The van der Waals surface area contributed by atoms with E-state index in [1.54, 1.807) is 14.3 Å². The molecule has 0 radical (unpaired) electrons. The Hall–Kier alpha value is -3.33. The van der Waals surface area contributed by atoms with Crippen molar-refractivity contribution in [1.82, 2.24) is 34.9 Å². The van der Waals surface area contributed by atoms with Gasteiger partial charge in [0.15, 0.2) is 0 Å². The van der Waals surface area contributed by atoms with Gasteiger partial charge in [-0.05, 0) is 24.3 Å². The lowest BCUT2D eigenvalue weighted by Crippen LogP contribution is -2.34. The van der Waals surface area contributed by atoms with Crippen LogP contribution in [0, 0.1) is 0 Å². The third-order valence-corrected chi connectivity index (χ3v) is 3.87. The number of hydrogen-bond donors (Lipinski definition) is 1. The molecule has 0 aliphatic heterocycles. The van der Waals surface area contributed by atoms with Gasteiger partial charge < -0.3 is 5.11 Å². The van der Waals surface area contributed by atoms with Gasteiger partial charge >= 0.3 is 5.97 Å². The van der Waals surface area contributed by atoms with E-state index in [-0.39, 0.29) is 19.9 Å². The molecule has 0 bridgehead atoms. The summed E-state index contributed by atoms with van der Waals surface area (Å²) in [5.41, 5.74) is 3.23. The van der Waals surface area contributed by atoms with E-state index in [0.29, 0.717) is 0 Å². The van der Waals surface area contributed by atoms with Gasteiger partial charge in [-0.2, -0.15) is 0 Å². The first kappa shape index (κ1) is 15.2. The molecular formula is C16H15N7O2. The first-order valence-corrected chi connectivity index (χ1v) is 7.71. The summed E-state index contributed by atoms with van der Waals surface area (Å²) >= 11 is 0. The number of carbonyl (C=O) groups is 1. The summed E-state index contributed by atoms with van der Waals surface area (Å²) in [4.78, 5) is 13.0. The largest absolute Gasteiger partial charge is 0.480 e. The number of hydrogen-bond acceptors (Lipinski definition) is 6. The van der Waals surface area contributed by atoms with E-state index >= 15 is 0 Å². The number of aliphatic carboxylic acids is 1. The molecule has 0 spiro atoms. The Morgan fingerprint density at radius 3 is 1.84 bits per heavy atom. The number of carboxylic acids is 1. The molecule has 0 saturated heterocycles. The molecule has 9 heteroatoms. The van der Waals surface area contributed by atoms with E-state index in [9.17, 15) is 9.90 Å². The fourth-order valence-corrected chi connectivity index (χ4v) is 2.76. The zero-order chi connectivity index (χ0) is 17.2. The molecule has 4 rings (SSSR count). The van der Waals surface area contributed by atoms with Crippen LogP contribution in [0.3, 0.4) is 0 Å². The molecule has 2 aromatic carbocycles. The number of fused-ring (bicyclic) bond motifs is 2. The van der Waals surface area contributed by atoms with Crippen molar-refractivity contribution in [2.75, 3.05) is 6.54 Å². The molecule has 4 aromatic rings. The summed E-state index contributed by atoms with van der Waals surface area (Å²) in [6.45, 7) is 0.407. The van der Waals surface area contributed by atoms with Crippen molar-refractivity contribution >= 4 is 28.0 Å². The SMILES string of the molecule is O=C(O)CN(Cn1nnc2ccccc21)Cn1nnc2ccccc21. The fourth-order valence-electron chi connectivity index (χ4n) is 2.76. The second-order valence-electron chi connectivity index (χ2n) is 5.66. The van der Waals surface area contributed by atoms with Crippen LogP contribution < -0.4 is 0 Å². The van der Waals surface area contributed by atoms with Crippen LogP contribution in [0.5, 0.6) is 0 Å². The highest BCUT2D eigenvalue weighted by Gasteiger charge is 2.15. The van der Waals surface area contributed by atoms with Gasteiger partial charge in [0, 0.05) is 0 Å². The number of para-hydroxylation sites is 2. The van der Waals surface area contributed by atoms with E-state index in [4.69, 9.17) is 0 Å². The highest BCUT2D eigenvalue weighted by atomic mass is 16.4. The van der Waals surface area contributed by atoms with Crippen LogP contribution in [-0.4, -0.2) is 52.5 Å². The number of benzene rings is 2. The molecule has 0 amide bonds. The van der Waals surface area contributed by atoms with Gasteiger partial charge in [-0.15, -0.1) is 10.2 Å². The molecule has 25 heavy (non-hydrogen) atoms. The summed E-state index contributed by atoms with van der Waals surface area (Å²) in [5.74, 6) is -0.922. The summed E-state index contributed by atoms with van der Waals surface area (Å²) in [7, 11) is 0. The summed E-state index contributed by atoms with van der Waals surface area (Å²) in [6, 6.07) is 15.1. The molecule has 0 atom stereocenters. The summed E-state index contributed by atoms with van der Waals surface area (Å²) < 4.78 is 3.36. The molecule has 2 aromatic heterocycles. The van der Waals surface area contributed by atoms with Gasteiger partial charge in [-0.3, -0.25) is 9.69 Å². The van der Waals surface area contributed by atoms with Crippen molar-refractivity contribution in [3.63, 3.8) is 0 Å². The quantitative estimate of drug-likeness (QED) is 0.563. The predicted octanol–water partition coefficient (Wildman–Crippen LogP) is 1.18. The molecule has 1 N–H and O–H groups in total. The Balaban J connectivity index is 1.63. The molecule has 0 fully saturated rings. The average molecular weight is 337 g/mol. The minimum absolute atomic E-state index is 0.150. The lowest BCUT2D eigenvalue weighted by Gasteiger charge is -2.20. The highest BCUT2D eigenvalue weighted by molar-refractivity contribution is 5.74. The van der Waals surface area contributed by atoms with Gasteiger partial charge in [-0.25, -0.2) is 9.36 Å². The predicted molar refractivity (Wildman–Crippen MR) is 89.4 cm³/mol. The zero-order valence-electron chi connectivity index (χ0n) is 13.2. The zero-order valence-corrected chi connectivity index (χ0v) is 13.2. The van der Waals surface area contributed by atoms with E-state index in [1.165, 1.54) is 0 Å². The van der Waals surface area contributed by atoms with E-state index in [1.807, 2.05) is 48.5 Å². The van der Waals surface area contributed by atoms with Crippen LogP contribution in [0.15, 0.2) is 48.5 Å². The smallest absolute Gasteiger partial charge is 0.317 e. The molecule has 9 nitrogen and oxygen atoms in total. The highest BCUT2D eigenvalue weighted by Crippen LogP contribution is 2.13. The van der Waals surface area contributed by atoms with Crippen molar-refractivity contribution in [3.8, 4) is 0 Å². The lowest BCUT2D eigenvalue weighted by atomic mass is 10.3. The van der Waals surface area contributed by atoms with Gasteiger partial charge in [-0.1, -0.05) is 34.7 Å². The van der Waals surface area contributed by atoms with E-state index in [0.717, 1.165) is 22.1 Å². The van der Waals surface area contributed by atoms with Crippen LogP contribution in [-0.2, 0) is 18.1 Å². The van der Waals surface area contributed by atoms with Crippen molar-refractivity contribution in [3.05, 3.63) is 48.5 Å². The second-order valence-corrected chi connectivity index (χ2v) is 5.66. The minimum atomic E-state index is -0.922. The second kappa shape index (κ2) is 6.29. The first-order chi connectivity index (χ1) is 12.2. The fraction of sp³-hybridized carbons (Fsp3) is 0.188. The van der Waals surface area contributed by atoms with Gasteiger partial charge in [0.25, 0.3) is 0 Å². The normalized spacial score (nSPS) is 11.6. The third kappa shape index (κ3) is 3.04. The van der Waals surface area contributed by atoms with Crippen molar-refractivity contribution in [2.24, 2.45) is 0 Å². The van der Waals surface area contributed by atoms with Gasteiger partial charge in [0.2, 0.25) is 0 Å². The van der Waals surface area contributed by atoms with Gasteiger partial charge in [0.05, 0.1) is 30.9 Å². The minimum Gasteiger partial charge on any atom is -0.480 e. The first-order valence-electron chi connectivity index (χ1n) is 7.71. The number of carboxylic acid groups (broad SMARTS) is 1. The molecule has 126 valence electrons. The summed E-state index contributed by atoms with van der Waals surface area (Å²) in [6.07, 6.45) is 0. The topological polar surface area (TPSA) is 102 Å². The van der Waals surface area contributed by atoms with Gasteiger partial charge in [0.1, 0.15) is 11.0 Å². The Morgan fingerprint density at radius 2 is 1.36 bits per heavy atom. The van der Waals surface area contributed by atoms with Crippen molar-refractivity contribution in [2.45, 2.75) is 13.3 Å². The van der Waals surface area contributed by atoms with Crippen LogP contribution in [0.2, 0.25) is 0 Å². The molecule has 0 unspecified atom stereocenters. The number of aromatic nitrogens is 6.